The van der Waals surface area contributed by atoms with Crippen molar-refractivity contribution in [2.24, 2.45) is 0 Å². The van der Waals surface area contributed by atoms with Gasteiger partial charge in [0.15, 0.2) is 5.75 Å². The Morgan fingerprint density at radius 2 is 2.04 bits per heavy atom. The maximum Gasteiger partial charge on any atom is 0.268 e. The van der Waals surface area contributed by atoms with Gasteiger partial charge in [0.05, 0.1) is 27.1 Å². The van der Waals surface area contributed by atoms with Crippen LogP contribution in [0.1, 0.15) is 15.9 Å². The highest BCUT2D eigenvalue weighted by Gasteiger charge is 2.23. The van der Waals surface area contributed by atoms with E-state index in [9.17, 15) is 19.5 Å². The van der Waals surface area contributed by atoms with Crippen LogP contribution in [0.4, 0.5) is 0 Å². The van der Waals surface area contributed by atoms with Crippen molar-refractivity contribution < 1.29 is 14.7 Å². The Morgan fingerprint density at radius 3 is 2.72 bits per heavy atom. The molecule has 6 nitrogen and oxygen atoms in total. The smallest absolute Gasteiger partial charge is 0.268 e. The van der Waals surface area contributed by atoms with Gasteiger partial charge in [0.1, 0.15) is 11.8 Å². The van der Waals surface area contributed by atoms with Gasteiger partial charge in [-0.25, -0.2) is 0 Å². The quantitative estimate of drug-likeness (QED) is 0.620. The van der Waals surface area contributed by atoms with E-state index in [1.165, 1.54) is 15.9 Å². The van der Waals surface area contributed by atoms with Crippen LogP contribution in [0.15, 0.2) is 45.0 Å². The molecule has 25 heavy (non-hydrogen) atoms. The molecular formula is C17H13BrN2O4S. The Hall–Kier alpha value is -2.45. The number of aromatic nitrogens is 1. The molecule has 0 fully saturated rings. The first kappa shape index (κ1) is 17.4. The van der Waals surface area contributed by atoms with E-state index in [2.05, 4.69) is 21.2 Å². The van der Waals surface area contributed by atoms with E-state index in [0.29, 0.717) is 16.5 Å². The Bertz CT molecular complexity index is 1010. The van der Waals surface area contributed by atoms with Gasteiger partial charge in [-0.05, 0) is 27.6 Å². The van der Waals surface area contributed by atoms with Crippen LogP contribution >= 0.6 is 27.3 Å². The third kappa shape index (κ3) is 3.35. The molecular weight excluding hydrogens is 408 g/mol. The lowest BCUT2D eigenvalue weighted by Gasteiger charge is -2.12. The predicted octanol–water partition coefficient (Wildman–Crippen LogP) is 2.51. The Labute approximate surface area is 154 Å². The average Bonchev–Trinajstić information content (AvgIpc) is 3.00. The second-order valence-corrected chi connectivity index (χ2v) is 7.67. The molecule has 0 bridgehead atoms. The highest BCUT2D eigenvalue weighted by atomic mass is 79.9. The minimum absolute atomic E-state index is 0.234. The number of benzene rings is 1. The highest BCUT2D eigenvalue weighted by Crippen LogP contribution is 2.36. The van der Waals surface area contributed by atoms with E-state index < -0.39 is 11.5 Å². The summed E-state index contributed by atoms with van der Waals surface area (Å²) in [6.07, 6.45) is 0.512. The highest BCUT2D eigenvalue weighted by molar-refractivity contribution is 9.11. The molecule has 2 aromatic heterocycles. The summed E-state index contributed by atoms with van der Waals surface area (Å²) in [5.74, 6) is -1.15. The first-order chi connectivity index (χ1) is 12.0. The molecule has 0 saturated carbocycles. The molecule has 2 heterocycles. The lowest BCUT2D eigenvalue weighted by molar-refractivity contribution is -0.107. The summed E-state index contributed by atoms with van der Waals surface area (Å²) < 4.78 is 2.60. The molecule has 3 rings (SSSR count). The molecule has 0 aliphatic heterocycles. The normalized spacial score (nSPS) is 10.8. The van der Waals surface area contributed by atoms with Gasteiger partial charge < -0.3 is 19.8 Å². The molecule has 0 saturated heterocycles. The van der Waals surface area contributed by atoms with Crippen molar-refractivity contribution in [3.8, 4) is 5.75 Å². The van der Waals surface area contributed by atoms with Gasteiger partial charge in [0.2, 0.25) is 0 Å². The number of carbonyl (C=O) groups is 2. The van der Waals surface area contributed by atoms with E-state index in [0.717, 1.165) is 9.35 Å². The second kappa shape index (κ2) is 7.20. The van der Waals surface area contributed by atoms with Crippen molar-refractivity contribution in [1.82, 2.24) is 9.88 Å². The van der Waals surface area contributed by atoms with Crippen LogP contribution in [0, 0.1) is 0 Å². The molecule has 0 unspecified atom stereocenters. The van der Waals surface area contributed by atoms with Gasteiger partial charge in [0.25, 0.3) is 11.5 Å². The minimum atomic E-state index is -0.775. The molecule has 0 aliphatic carbocycles. The van der Waals surface area contributed by atoms with E-state index >= 15 is 0 Å². The number of halogens is 1. The first-order valence-electron chi connectivity index (χ1n) is 7.33. The summed E-state index contributed by atoms with van der Waals surface area (Å²) >= 11 is 4.58. The third-order valence-electron chi connectivity index (χ3n) is 3.64. The molecule has 8 heteroatoms. The molecule has 0 atom stereocenters. The topological polar surface area (TPSA) is 88.4 Å². The lowest BCUT2D eigenvalue weighted by Crippen LogP contribution is -2.34. The molecule has 3 aromatic rings. The SMILES string of the molecule is O=CCNC(=O)c1c(O)c2sc(Br)cc2n(Cc2ccccc2)c1=O. The summed E-state index contributed by atoms with van der Waals surface area (Å²) in [6, 6.07) is 11.1. The van der Waals surface area contributed by atoms with E-state index in [1.807, 2.05) is 30.3 Å². The number of nitrogens with zero attached hydrogens (tertiary/aromatic N) is 1. The number of thiophene rings is 1. The minimum Gasteiger partial charge on any atom is -0.505 e. The van der Waals surface area contributed by atoms with Crippen molar-refractivity contribution >= 4 is 49.7 Å². The number of hydrogen-bond acceptors (Lipinski definition) is 5. The van der Waals surface area contributed by atoms with Crippen molar-refractivity contribution in [3.63, 3.8) is 0 Å². The largest absolute Gasteiger partial charge is 0.505 e. The molecule has 2 N–H and O–H groups in total. The Morgan fingerprint density at radius 1 is 1.32 bits per heavy atom. The van der Waals surface area contributed by atoms with Gasteiger partial charge in [-0.3, -0.25) is 9.59 Å². The number of pyridine rings is 1. The number of fused-ring (bicyclic) bond motifs is 1. The number of aldehydes is 1. The monoisotopic (exact) mass is 420 g/mol. The number of nitrogens with one attached hydrogen (secondary N) is 1. The molecule has 0 aliphatic rings. The summed E-state index contributed by atoms with van der Waals surface area (Å²) in [7, 11) is 0. The summed E-state index contributed by atoms with van der Waals surface area (Å²) in [5, 5.41) is 12.7. The Kier molecular flexibility index (Phi) is 5.00. The van der Waals surface area contributed by atoms with E-state index in [-0.39, 0.29) is 24.4 Å². The van der Waals surface area contributed by atoms with Gasteiger partial charge in [-0.2, -0.15) is 0 Å². The van der Waals surface area contributed by atoms with E-state index in [4.69, 9.17) is 0 Å². The van der Waals surface area contributed by atoms with Crippen molar-refractivity contribution in [3.05, 3.63) is 61.7 Å². The Balaban J connectivity index is 2.22. The number of amides is 1. The number of rotatable bonds is 5. The number of hydrogen-bond donors (Lipinski definition) is 2. The van der Waals surface area contributed by atoms with Crippen molar-refractivity contribution in [2.45, 2.75) is 6.54 Å². The first-order valence-corrected chi connectivity index (χ1v) is 8.94. The van der Waals surface area contributed by atoms with Gasteiger partial charge in [-0.15, -0.1) is 11.3 Å². The maximum atomic E-state index is 12.9. The average molecular weight is 421 g/mol. The number of aromatic hydroxyl groups is 1. The molecule has 0 spiro atoms. The van der Waals surface area contributed by atoms with Crippen LogP contribution in [0.5, 0.6) is 5.75 Å². The van der Waals surface area contributed by atoms with Crippen LogP contribution < -0.4 is 10.9 Å². The van der Waals surface area contributed by atoms with Crippen LogP contribution in [0.25, 0.3) is 10.2 Å². The fourth-order valence-electron chi connectivity index (χ4n) is 2.53. The standard InChI is InChI=1S/C17H13BrN2O4S/c18-12-8-11-15(25-12)14(22)13(16(23)19-6-7-21)17(24)20(11)9-10-4-2-1-3-5-10/h1-5,7-8,22H,6,9H2,(H,19,23). The molecule has 0 radical (unpaired) electrons. The second-order valence-electron chi connectivity index (χ2n) is 5.24. The fraction of sp³-hybridized carbons (Fsp3) is 0.118. The van der Waals surface area contributed by atoms with E-state index in [1.54, 1.807) is 6.07 Å². The van der Waals surface area contributed by atoms with Crippen LogP contribution in [0.2, 0.25) is 0 Å². The summed E-state index contributed by atoms with van der Waals surface area (Å²) in [5.41, 5.74) is 0.454. The fourth-order valence-corrected chi connectivity index (χ4v) is 4.07. The zero-order chi connectivity index (χ0) is 18.0. The van der Waals surface area contributed by atoms with Gasteiger partial charge in [-0.1, -0.05) is 30.3 Å². The van der Waals surface area contributed by atoms with Crippen molar-refractivity contribution in [1.29, 1.82) is 0 Å². The van der Waals surface area contributed by atoms with Crippen LogP contribution in [-0.4, -0.2) is 28.4 Å². The third-order valence-corrected chi connectivity index (χ3v) is 5.27. The number of carbonyl (C=O) groups excluding carboxylic acids is 2. The zero-order valence-electron chi connectivity index (χ0n) is 12.9. The molecule has 1 amide bonds. The summed E-state index contributed by atoms with van der Waals surface area (Å²) in [4.78, 5) is 35.6. The molecule has 128 valence electrons. The van der Waals surface area contributed by atoms with Crippen molar-refractivity contribution in [2.75, 3.05) is 6.54 Å². The lowest BCUT2D eigenvalue weighted by atomic mass is 10.1. The van der Waals surface area contributed by atoms with Crippen LogP contribution in [0.3, 0.4) is 0 Å². The predicted molar refractivity (Wildman–Crippen MR) is 99.4 cm³/mol. The summed E-state index contributed by atoms with van der Waals surface area (Å²) in [6.45, 7) is 0.0240. The van der Waals surface area contributed by atoms with Gasteiger partial charge in [0, 0.05) is 0 Å². The molecule has 1 aromatic carbocycles. The maximum absolute atomic E-state index is 12.9. The van der Waals surface area contributed by atoms with Gasteiger partial charge >= 0.3 is 0 Å². The zero-order valence-corrected chi connectivity index (χ0v) is 15.3. The van der Waals surface area contributed by atoms with Crippen LogP contribution in [-0.2, 0) is 11.3 Å².